The fourth-order valence-corrected chi connectivity index (χ4v) is 3.82. The van der Waals surface area contributed by atoms with Crippen LogP contribution in [0.5, 0.6) is 0 Å². The smallest absolute Gasteiger partial charge is 0.0547 e. The average molecular weight is 248 g/mol. The molecule has 0 N–H and O–H groups in total. The second-order valence-corrected chi connectivity index (χ2v) is 5.29. The van der Waals surface area contributed by atoms with Crippen LogP contribution < -0.4 is 0 Å². The van der Waals surface area contributed by atoms with Crippen LogP contribution in [0.2, 0.25) is 0 Å². The number of nitrogens with zero attached hydrogens (tertiary/aromatic N) is 1. The molecule has 0 aromatic heterocycles. The fraction of sp³-hybridized carbons (Fsp3) is 0.467. The van der Waals surface area contributed by atoms with Crippen LogP contribution in [0.25, 0.3) is 0 Å². The van der Waals surface area contributed by atoms with E-state index in [1.807, 2.05) is 0 Å². The molecule has 1 aromatic carbocycles. The Balaban J connectivity index is 0.000000902. The Hall–Kier alpha value is -0.790. The van der Waals surface area contributed by atoms with Gasteiger partial charge in [0.1, 0.15) is 0 Å². The summed E-state index contributed by atoms with van der Waals surface area (Å²) in [5.41, 5.74) is 3.11. The molecule has 2 heteroatoms. The van der Waals surface area contributed by atoms with Crippen molar-refractivity contribution in [1.29, 1.82) is 0 Å². The third-order valence-electron chi connectivity index (χ3n) is 4.50. The summed E-state index contributed by atoms with van der Waals surface area (Å²) in [5, 5.41) is 0. The molecule has 2 heterocycles. The second-order valence-electron chi connectivity index (χ2n) is 5.29. The molecule has 4 rings (SSSR count). The van der Waals surface area contributed by atoms with E-state index in [4.69, 9.17) is 0 Å². The van der Waals surface area contributed by atoms with Gasteiger partial charge in [-0.05, 0) is 24.0 Å². The van der Waals surface area contributed by atoms with Crippen LogP contribution in [-0.2, 0) is 0 Å². The van der Waals surface area contributed by atoms with Crippen LogP contribution in [0.3, 0.4) is 0 Å². The van der Waals surface area contributed by atoms with Gasteiger partial charge in [0.2, 0.25) is 0 Å². The lowest BCUT2D eigenvalue weighted by molar-refractivity contribution is 0.166. The summed E-state index contributed by atoms with van der Waals surface area (Å²) >= 11 is 0. The highest BCUT2D eigenvalue weighted by molar-refractivity contribution is 5.85. The van der Waals surface area contributed by atoms with Gasteiger partial charge in [-0.15, -0.1) is 12.4 Å². The Labute approximate surface area is 109 Å². The van der Waals surface area contributed by atoms with Crippen LogP contribution >= 0.6 is 12.4 Å². The lowest BCUT2D eigenvalue weighted by Crippen LogP contribution is -2.30. The zero-order valence-electron chi connectivity index (χ0n) is 9.88. The third-order valence-corrected chi connectivity index (χ3v) is 4.50. The molecule has 1 nitrogen and oxygen atoms in total. The number of hydrogen-bond acceptors (Lipinski definition) is 1. The van der Waals surface area contributed by atoms with Gasteiger partial charge in [-0.25, -0.2) is 0 Å². The number of rotatable bonds is 1. The van der Waals surface area contributed by atoms with E-state index in [0.29, 0.717) is 12.1 Å². The number of benzene rings is 1. The minimum absolute atomic E-state index is 0. The summed E-state index contributed by atoms with van der Waals surface area (Å²) in [7, 11) is 0. The van der Waals surface area contributed by atoms with E-state index in [2.05, 4.69) is 41.3 Å². The van der Waals surface area contributed by atoms with Gasteiger partial charge in [-0.2, -0.15) is 0 Å². The SMILES string of the molecule is C1=CC2c3ccccc3C1N2C1CCCC1.Cl. The maximum Gasteiger partial charge on any atom is 0.0547 e. The molecule has 3 aliphatic rings. The Morgan fingerprint density at radius 2 is 1.41 bits per heavy atom. The van der Waals surface area contributed by atoms with Crippen molar-refractivity contribution in [2.75, 3.05) is 0 Å². The maximum absolute atomic E-state index is 2.75. The quantitative estimate of drug-likeness (QED) is 0.678. The minimum atomic E-state index is 0. The summed E-state index contributed by atoms with van der Waals surface area (Å²) in [6.45, 7) is 0. The highest BCUT2D eigenvalue weighted by atomic mass is 35.5. The Morgan fingerprint density at radius 1 is 0.882 bits per heavy atom. The maximum atomic E-state index is 2.75. The van der Waals surface area contributed by atoms with Crippen LogP contribution in [0, 0.1) is 0 Å². The number of hydrogen-bond donors (Lipinski definition) is 0. The molecule has 0 spiro atoms. The molecule has 90 valence electrons. The van der Waals surface area contributed by atoms with Gasteiger partial charge < -0.3 is 0 Å². The van der Waals surface area contributed by atoms with Gasteiger partial charge in [0.15, 0.2) is 0 Å². The molecule has 0 amide bonds. The van der Waals surface area contributed by atoms with Gasteiger partial charge in [0.25, 0.3) is 0 Å². The molecular weight excluding hydrogens is 230 g/mol. The molecule has 1 fully saturated rings. The van der Waals surface area contributed by atoms with E-state index in [9.17, 15) is 0 Å². The highest BCUT2D eigenvalue weighted by Crippen LogP contribution is 2.51. The first kappa shape index (κ1) is 11.3. The number of halogens is 1. The van der Waals surface area contributed by atoms with E-state index in [-0.39, 0.29) is 12.4 Å². The predicted molar refractivity (Wildman–Crippen MR) is 72.4 cm³/mol. The lowest BCUT2D eigenvalue weighted by Gasteiger charge is -2.29. The first-order valence-corrected chi connectivity index (χ1v) is 6.50. The van der Waals surface area contributed by atoms with Crippen LogP contribution in [0.4, 0.5) is 0 Å². The van der Waals surface area contributed by atoms with Crippen LogP contribution in [0.1, 0.15) is 48.9 Å². The molecule has 17 heavy (non-hydrogen) atoms. The summed E-state index contributed by atoms with van der Waals surface area (Å²) in [6, 6.07) is 11.0. The van der Waals surface area contributed by atoms with Crippen molar-refractivity contribution in [2.45, 2.75) is 43.8 Å². The highest BCUT2D eigenvalue weighted by Gasteiger charge is 2.43. The second kappa shape index (κ2) is 4.15. The summed E-state index contributed by atoms with van der Waals surface area (Å²) in [6.07, 6.45) is 10.5. The molecule has 1 aliphatic carbocycles. The summed E-state index contributed by atoms with van der Waals surface area (Å²) in [4.78, 5) is 2.75. The monoisotopic (exact) mass is 247 g/mol. The van der Waals surface area contributed by atoms with E-state index in [0.717, 1.165) is 6.04 Å². The largest absolute Gasteiger partial charge is 0.279 e. The zero-order chi connectivity index (χ0) is 10.5. The summed E-state index contributed by atoms with van der Waals surface area (Å²) < 4.78 is 0. The third kappa shape index (κ3) is 1.49. The van der Waals surface area contributed by atoms with Crippen LogP contribution in [-0.4, -0.2) is 10.9 Å². The first-order chi connectivity index (χ1) is 7.95. The molecule has 1 aromatic rings. The Kier molecular flexibility index (Phi) is 2.76. The molecule has 2 atom stereocenters. The average Bonchev–Trinajstić information content (AvgIpc) is 3.03. The molecule has 0 radical (unpaired) electrons. The van der Waals surface area contributed by atoms with Gasteiger partial charge in [-0.1, -0.05) is 49.3 Å². The molecule has 2 bridgehead atoms. The van der Waals surface area contributed by atoms with Crippen molar-refractivity contribution >= 4 is 12.4 Å². The lowest BCUT2D eigenvalue weighted by atomic mass is 9.97. The van der Waals surface area contributed by atoms with E-state index in [1.165, 1.54) is 25.7 Å². The minimum Gasteiger partial charge on any atom is -0.279 e. The van der Waals surface area contributed by atoms with Gasteiger partial charge >= 0.3 is 0 Å². The Morgan fingerprint density at radius 3 is 1.94 bits per heavy atom. The van der Waals surface area contributed by atoms with E-state index < -0.39 is 0 Å². The number of fused-ring (bicyclic) bond motifs is 5. The zero-order valence-corrected chi connectivity index (χ0v) is 10.7. The standard InChI is InChI=1S/C15H17N.ClH/c1-2-6-11(5-1)16-14-9-10-15(16)13-8-4-3-7-12(13)14;/h3-4,7-11,14-15H,1-2,5-6H2;1H. The molecule has 2 unspecified atom stereocenters. The van der Waals surface area contributed by atoms with Crippen molar-refractivity contribution in [3.63, 3.8) is 0 Å². The van der Waals surface area contributed by atoms with Crippen molar-refractivity contribution in [1.82, 2.24) is 4.90 Å². The molecular formula is C15H18ClN. The van der Waals surface area contributed by atoms with E-state index in [1.54, 1.807) is 11.1 Å². The molecule has 2 aliphatic heterocycles. The van der Waals surface area contributed by atoms with Gasteiger partial charge in [0.05, 0.1) is 12.1 Å². The van der Waals surface area contributed by atoms with E-state index >= 15 is 0 Å². The van der Waals surface area contributed by atoms with Crippen molar-refractivity contribution in [2.24, 2.45) is 0 Å². The Bertz CT molecular complexity index is 415. The predicted octanol–water partition coefficient (Wildman–Crippen LogP) is 4.02. The van der Waals surface area contributed by atoms with Crippen molar-refractivity contribution < 1.29 is 0 Å². The normalized spacial score (nSPS) is 30.6. The van der Waals surface area contributed by atoms with Crippen LogP contribution in [0.15, 0.2) is 36.4 Å². The van der Waals surface area contributed by atoms with Crippen molar-refractivity contribution in [3.05, 3.63) is 47.5 Å². The van der Waals surface area contributed by atoms with Gasteiger partial charge in [-0.3, -0.25) is 4.90 Å². The van der Waals surface area contributed by atoms with Crippen molar-refractivity contribution in [3.8, 4) is 0 Å². The first-order valence-electron chi connectivity index (χ1n) is 6.50. The molecule has 0 saturated heterocycles. The fourth-order valence-electron chi connectivity index (χ4n) is 3.82. The van der Waals surface area contributed by atoms with Gasteiger partial charge in [0, 0.05) is 6.04 Å². The summed E-state index contributed by atoms with van der Waals surface area (Å²) in [5.74, 6) is 0. The topological polar surface area (TPSA) is 3.24 Å². The molecule has 1 saturated carbocycles.